The van der Waals surface area contributed by atoms with Gasteiger partial charge in [-0.25, -0.2) is 4.79 Å². The molecule has 0 unspecified atom stereocenters. The molecule has 0 saturated heterocycles. The van der Waals surface area contributed by atoms with Crippen LogP contribution in [0.2, 0.25) is 0 Å². The Hall–Kier alpha value is -5.69. The van der Waals surface area contributed by atoms with Crippen molar-refractivity contribution in [3.05, 3.63) is 151 Å². The molecule has 7 heteroatoms. The molecule has 5 aromatic rings. The monoisotopic (exact) mass is 788 g/mol. The van der Waals surface area contributed by atoms with Crippen LogP contribution in [0.25, 0.3) is 11.1 Å². The lowest BCUT2D eigenvalue weighted by atomic mass is 9.77. The number of azo groups is 2. The van der Waals surface area contributed by atoms with Crippen molar-refractivity contribution in [1.29, 1.82) is 0 Å². The zero-order valence-electron chi connectivity index (χ0n) is 34.8. The minimum atomic E-state index is -0.316. The van der Waals surface area contributed by atoms with Gasteiger partial charge in [0.1, 0.15) is 5.75 Å². The van der Waals surface area contributed by atoms with E-state index in [9.17, 15) is 4.79 Å². The van der Waals surface area contributed by atoms with Crippen molar-refractivity contribution in [1.82, 2.24) is 0 Å². The number of carbonyl (C=O) groups is 1. The van der Waals surface area contributed by atoms with Crippen LogP contribution in [0.1, 0.15) is 113 Å². The van der Waals surface area contributed by atoms with Gasteiger partial charge in [-0.1, -0.05) is 119 Å². The average Bonchev–Trinajstić information content (AvgIpc) is 3.29. The van der Waals surface area contributed by atoms with Crippen LogP contribution in [0, 0.1) is 5.92 Å². The van der Waals surface area contributed by atoms with Gasteiger partial charge in [0.25, 0.3) is 0 Å². The Morgan fingerprint density at radius 1 is 0.576 bits per heavy atom. The number of unbranched alkanes of at least 4 members (excludes halogenated alkanes) is 6. The van der Waals surface area contributed by atoms with E-state index in [4.69, 9.17) is 9.47 Å². The van der Waals surface area contributed by atoms with E-state index < -0.39 is 0 Å². The Balaban J connectivity index is 0.881. The molecular weight excluding hydrogens is 729 g/mol. The molecule has 0 spiro atoms. The van der Waals surface area contributed by atoms with Crippen molar-refractivity contribution in [2.45, 2.75) is 103 Å². The Bertz CT molecular complexity index is 2050. The summed E-state index contributed by atoms with van der Waals surface area (Å²) in [6.45, 7) is 6.82. The highest BCUT2D eigenvalue weighted by Gasteiger charge is 2.22. The number of benzene rings is 5. The molecule has 1 saturated carbocycles. The van der Waals surface area contributed by atoms with E-state index in [1.165, 1.54) is 91.7 Å². The molecule has 0 amide bonds. The van der Waals surface area contributed by atoms with E-state index >= 15 is 0 Å². The molecule has 0 bridgehead atoms. The van der Waals surface area contributed by atoms with Gasteiger partial charge >= 0.3 is 5.97 Å². The third kappa shape index (κ3) is 14.6. The van der Waals surface area contributed by atoms with Crippen LogP contribution >= 0.6 is 0 Å². The van der Waals surface area contributed by atoms with Crippen molar-refractivity contribution in [2.75, 3.05) is 13.2 Å². The Kier molecular flexibility index (Phi) is 17.2. The van der Waals surface area contributed by atoms with Gasteiger partial charge in [-0.3, -0.25) is 0 Å². The molecule has 0 aliphatic heterocycles. The van der Waals surface area contributed by atoms with Crippen LogP contribution in [0.3, 0.4) is 0 Å². The summed E-state index contributed by atoms with van der Waals surface area (Å²) in [6.07, 6.45) is 18.2. The number of hydrogen-bond acceptors (Lipinski definition) is 7. The van der Waals surface area contributed by atoms with Gasteiger partial charge in [0.2, 0.25) is 0 Å². The van der Waals surface area contributed by atoms with Crippen molar-refractivity contribution >= 4 is 28.7 Å². The number of carbonyl (C=O) groups excluding carboxylic acids is 1. The van der Waals surface area contributed by atoms with Gasteiger partial charge in [-0.2, -0.15) is 20.5 Å². The Labute approximate surface area is 351 Å². The van der Waals surface area contributed by atoms with Crippen LogP contribution in [0.5, 0.6) is 5.75 Å². The minimum Gasteiger partial charge on any atom is -0.494 e. The highest BCUT2D eigenvalue weighted by atomic mass is 16.5. The first-order valence-electron chi connectivity index (χ1n) is 21.8. The topological polar surface area (TPSA) is 85.0 Å². The highest BCUT2D eigenvalue weighted by molar-refractivity contribution is 5.81. The van der Waals surface area contributed by atoms with Crippen LogP contribution in [0.15, 0.2) is 154 Å². The predicted octanol–water partition coefficient (Wildman–Crippen LogP) is 15.7. The largest absolute Gasteiger partial charge is 0.494 e. The lowest BCUT2D eigenvalue weighted by molar-refractivity contribution is -0.137. The zero-order chi connectivity index (χ0) is 40.9. The van der Waals surface area contributed by atoms with Gasteiger partial charge in [-0.15, -0.1) is 0 Å². The average molecular weight is 789 g/mol. The number of rotatable bonds is 22. The second kappa shape index (κ2) is 23.6. The first-order chi connectivity index (χ1) is 29.0. The number of nitrogens with zero attached hydrogens (tertiary/aromatic N) is 4. The summed E-state index contributed by atoms with van der Waals surface area (Å²) in [5.74, 6) is 2.11. The molecule has 1 fully saturated rings. The summed E-state index contributed by atoms with van der Waals surface area (Å²) in [7, 11) is 0. The SMILES string of the molecule is C=CC(=O)OCCCCCCCCC1CCC(c2ccc(-c3ccc(Cc4ccc(N=Nc5ccc(N=Nc6ccc(OCCCC)cc6)cc5)cc4)cc3)cc2)CC1. The third-order valence-electron chi connectivity index (χ3n) is 11.3. The van der Waals surface area contributed by atoms with Gasteiger partial charge < -0.3 is 9.47 Å². The van der Waals surface area contributed by atoms with Gasteiger partial charge in [0.15, 0.2) is 0 Å². The quantitative estimate of drug-likeness (QED) is 0.0303. The first kappa shape index (κ1) is 42.9. The van der Waals surface area contributed by atoms with E-state index in [1.807, 2.05) is 60.7 Å². The molecule has 7 nitrogen and oxygen atoms in total. The normalized spacial score (nSPS) is 15.4. The lowest BCUT2D eigenvalue weighted by Crippen LogP contribution is -2.13. The summed E-state index contributed by atoms with van der Waals surface area (Å²) in [4.78, 5) is 11.1. The molecule has 1 aliphatic rings. The fourth-order valence-electron chi connectivity index (χ4n) is 7.70. The Morgan fingerprint density at radius 3 is 1.59 bits per heavy atom. The summed E-state index contributed by atoms with van der Waals surface area (Å²) in [5.41, 5.74) is 9.64. The maximum atomic E-state index is 11.1. The predicted molar refractivity (Wildman–Crippen MR) is 241 cm³/mol. The smallest absolute Gasteiger partial charge is 0.330 e. The second-order valence-corrected chi connectivity index (χ2v) is 15.8. The number of esters is 1. The summed E-state index contributed by atoms with van der Waals surface area (Å²) in [5, 5.41) is 17.6. The van der Waals surface area contributed by atoms with Crippen molar-refractivity contribution in [3.63, 3.8) is 0 Å². The van der Waals surface area contributed by atoms with Crippen LogP contribution < -0.4 is 4.74 Å². The molecular formula is C52H60N4O3. The van der Waals surface area contributed by atoms with Gasteiger partial charge in [0, 0.05) is 6.08 Å². The molecule has 0 N–H and O–H groups in total. The minimum absolute atomic E-state index is 0.316. The summed E-state index contributed by atoms with van der Waals surface area (Å²) < 4.78 is 10.8. The molecule has 0 atom stereocenters. The van der Waals surface area contributed by atoms with Crippen molar-refractivity contribution in [3.8, 4) is 16.9 Å². The lowest BCUT2D eigenvalue weighted by Gasteiger charge is -2.29. The zero-order valence-corrected chi connectivity index (χ0v) is 34.8. The van der Waals surface area contributed by atoms with Crippen molar-refractivity contribution < 1.29 is 14.3 Å². The Morgan fingerprint density at radius 2 is 1.05 bits per heavy atom. The highest BCUT2D eigenvalue weighted by Crippen LogP contribution is 2.38. The van der Waals surface area contributed by atoms with E-state index in [1.54, 1.807) is 0 Å². The first-order valence-corrected chi connectivity index (χ1v) is 21.8. The summed E-state index contributed by atoms with van der Waals surface area (Å²) >= 11 is 0. The van der Waals surface area contributed by atoms with Crippen LogP contribution in [-0.2, 0) is 16.0 Å². The molecule has 6 rings (SSSR count). The van der Waals surface area contributed by atoms with Crippen LogP contribution in [-0.4, -0.2) is 19.2 Å². The molecule has 0 radical (unpaired) electrons. The fraction of sp³-hybridized carbons (Fsp3) is 0.365. The molecule has 1 aliphatic carbocycles. The maximum absolute atomic E-state index is 11.1. The molecule has 5 aromatic carbocycles. The molecule has 306 valence electrons. The number of hydrogen-bond donors (Lipinski definition) is 0. The van der Waals surface area contributed by atoms with Gasteiger partial charge in [-0.05, 0) is 145 Å². The van der Waals surface area contributed by atoms with E-state index in [0.717, 1.165) is 73.1 Å². The van der Waals surface area contributed by atoms with E-state index in [0.29, 0.717) is 12.5 Å². The fourth-order valence-corrected chi connectivity index (χ4v) is 7.70. The maximum Gasteiger partial charge on any atom is 0.330 e. The van der Waals surface area contributed by atoms with Crippen LogP contribution in [0.4, 0.5) is 22.7 Å². The van der Waals surface area contributed by atoms with E-state index in [-0.39, 0.29) is 5.97 Å². The molecule has 0 heterocycles. The second-order valence-electron chi connectivity index (χ2n) is 15.8. The summed E-state index contributed by atoms with van der Waals surface area (Å²) in [6, 6.07) is 41.8. The van der Waals surface area contributed by atoms with Gasteiger partial charge in [0.05, 0.1) is 36.0 Å². The molecule has 0 aromatic heterocycles. The van der Waals surface area contributed by atoms with Crippen molar-refractivity contribution in [2.24, 2.45) is 26.4 Å². The van der Waals surface area contributed by atoms with E-state index in [2.05, 4.69) is 94.6 Å². The third-order valence-corrected chi connectivity index (χ3v) is 11.3. The standard InChI is InChI=1S/C52H60N4O3/c1-3-5-37-58-51-35-33-50(34-36-51)56-55-49-31-29-48(30-32-49)54-53-47-27-17-42(18-28-47)39-41-15-21-44(22-16-41)46-25-23-45(24-26-46)43-19-13-40(14-20-43)12-10-8-6-7-9-11-38-59-52(57)4-2/h4,15-18,21-36,40,43H,2-3,5-14,19-20,37-39H2,1H3. The number of ether oxygens (including phenoxy) is 2. The molecule has 59 heavy (non-hydrogen) atoms.